The molecule has 2 aromatic carbocycles. The molecule has 0 aromatic heterocycles. The molecule has 0 heterocycles. The Kier molecular flexibility index (Phi) is 1.72. The van der Waals surface area contributed by atoms with Gasteiger partial charge in [-0.15, -0.1) is 0 Å². The van der Waals surface area contributed by atoms with Crippen LogP contribution in [0.15, 0.2) is 36.4 Å². The molecule has 0 nitrogen and oxygen atoms in total. The van der Waals surface area contributed by atoms with Gasteiger partial charge in [0.05, 0.1) is 0 Å². The van der Waals surface area contributed by atoms with E-state index in [1.807, 2.05) is 0 Å². The second-order valence-corrected chi connectivity index (χ2v) is 4.45. The highest BCUT2D eigenvalue weighted by atomic mass is 14.2. The van der Waals surface area contributed by atoms with Crippen LogP contribution in [0.5, 0.6) is 0 Å². The molecule has 0 N–H and O–H groups in total. The van der Waals surface area contributed by atoms with Crippen molar-refractivity contribution in [3.8, 4) is 11.1 Å². The van der Waals surface area contributed by atoms with E-state index in [0.29, 0.717) is 0 Å². The van der Waals surface area contributed by atoms with E-state index in [1.54, 1.807) is 0 Å². The van der Waals surface area contributed by atoms with Gasteiger partial charge in [-0.05, 0) is 48.1 Å². The molecule has 0 spiro atoms. The number of rotatable bonds is 0. The maximum atomic E-state index is 2.31. The molecule has 0 atom stereocenters. The summed E-state index contributed by atoms with van der Waals surface area (Å²) in [4.78, 5) is 0. The van der Waals surface area contributed by atoms with Crippen LogP contribution in [-0.4, -0.2) is 0 Å². The molecule has 0 saturated carbocycles. The predicted molar refractivity (Wildman–Crippen MR) is 64.2 cm³/mol. The van der Waals surface area contributed by atoms with Crippen LogP contribution < -0.4 is 0 Å². The first-order chi connectivity index (χ1) is 7.25. The molecule has 0 heteroatoms. The smallest absolute Gasteiger partial charge is 0.00133 e. The van der Waals surface area contributed by atoms with E-state index in [-0.39, 0.29) is 0 Å². The van der Waals surface area contributed by atoms with E-state index < -0.39 is 0 Å². The molecule has 0 unspecified atom stereocenters. The summed E-state index contributed by atoms with van der Waals surface area (Å²) in [5.74, 6) is 0. The van der Waals surface area contributed by atoms with E-state index in [0.717, 1.165) is 6.42 Å². The fourth-order valence-corrected chi connectivity index (χ4v) is 2.58. The fourth-order valence-electron chi connectivity index (χ4n) is 2.58. The highest BCUT2D eigenvalue weighted by Gasteiger charge is 2.19. The molecule has 74 valence electrons. The molecule has 15 heavy (non-hydrogen) atoms. The molecule has 1 aliphatic carbocycles. The SMILES string of the molecule is Cc1ccc2c(c1)Cc1cccc(C)c1-2. The first-order valence-electron chi connectivity index (χ1n) is 5.44. The number of fused-ring (bicyclic) bond motifs is 3. The Hall–Kier alpha value is -1.56. The lowest BCUT2D eigenvalue weighted by Gasteiger charge is -2.05. The Morgan fingerprint density at radius 1 is 0.933 bits per heavy atom. The summed E-state index contributed by atoms with van der Waals surface area (Å²) in [6.45, 7) is 4.36. The summed E-state index contributed by atoms with van der Waals surface area (Å²) in [6, 6.07) is 13.4. The standard InChI is InChI=1S/C15H14/c1-10-6-7-14-13(8-10)9-12-5-3-4-11(2)15(12)14/h3-8H,9H2,1-2H3. The van der Waals surface area contributed by atoms with Gasteiger partial charge in [0.15, 0.2) is 0 Å². The minimum absolute atomic E-state index is 1.11. The van der Waals surface area contributed by atoms with Gasteiger partial charge in [0.2, 0.25) is 0 Å². The zero-order valence-corrected chi connectivity index (χ0v) is 9.17. The molecule has 0 amide bonds. The highest BCUT2D eigenvalue weighted by molar-refractivity contribution is 5.79. The maximum Gasteiger partial charge on any atom is -0.00133 e. The molecule has 0 aliphatic heterocycles. The van der Waals surface area contributed by atoms with Gasteiger partial charge in [-0.2, -0.15) is 0 Å². The number of hydrogen-bond donors (Lipinski definition) is 0. The monoisotopic (exact) mass is 194 g/mol. The van der Waals surface area contributed by atoms with Gasteiger partial charge in [-0.1, -0.05) is 42.0 Å². The minimum atomic E-state index is 1.11. The minimum Gasteiger partial charge on any atom is -0.0617 e. The third-order valence-corrected chi connectivity index (χ3v) is 3.27. The Balaban J connectivity index is 2.31. The van der Waals surface area contributed by atoms with Crippen molar-refractivity contribution in [2.75, 3.05) is 0 Å². The second-order valence-electron chi connectivity index (χ2n) is 4.45. The van der Waals surface area contributed by atoms with Crippen LogP contribution in [0.2, 0.25) is 0 Å². The number of hydrogen-bond acceptors (Lipinski definition) is 0. The second kappa shape index (κ2) is 2.96. The zero-order valence-electron chi connectivity index (χ0n) is 9.17. The molecule has 3 rings (SSSR count). The number of benzene rings is 2. The van der Waals surface area contributed by atoms with Gasteiger partial charge in [0, 0.05) is 0 Å². The highest BCUT2D eigenvalue weighted by Crippen LogP contribution is 2.38. The molecule has 1 aliphatic rings. The summed E-state index contributed by atoms with van der Waals surface area (Å²) in [7, 11) is 0. The Morgan fingerprint density at radius 3 is 2.67 bits per heavy atom. The molecular formula is C15H14. The Labute approximate surface area is 90.6 Å². The van der Waals surface area contributed by atoms with Crippen molar-refractivity contribution in [2.24, 2.45) is 0 Å². The van der Waals surface area contributed by atoms with Gasteiger partial charge >= 0.3 is 0 Å². The van der Waals surface area contributed by atoms with Crippen molar-refractivity contribution < 1.29 is 0 Å². The number of aryl methyl sites for hydroxylation is 2. The van der Waals surface area contributed by atoms with Gasteiger partial charge in [0.1, 0.15) is 0 Å². The molecular weight excluding hydrogens is 180 g/mol. The zero-order chi connectivity index (χ0) is 10.4. The van der Waals surface area contributed by atoms with E-state index in [1.165, 1.54) is 33.4 Å². The summed E-state index contributed by atoms with van der Waals surface area (Å²) in [5, 5.41) is 0. The quantitative estimate of drug-likeness (QED) is 0.509. The van der Waals surface area contributed by atoms with Crippen LogP contribution in [0, 0.1) is 13.8 Å². The Morgan fingerprint density at radius 2 is 1.80 bits per heavy atom. The van der Waals surface area contributed by atoms with E-state index in [4.69, 9.17) is 0 Å². The van der Waals surface area contributed by atoms with Gasteiger partial charge in [-0.25, -0.2) is 0 Å². The van der Waals surface area contributed by atoms with E-state index in [9.17, 15) is 0 Å². The van der Waals surface area contributed by atoms with Crippen LogP contribution in [0.1, 0.15) is 22.3 Å². The van der Waals surface area contributed by atoms with Gasteiger partial charge < -0.3 is 0 Å². The van der Waals surface area contributed by atoms with Crippen molar-refractivity contribution >= 4 is 0 Å². The van der Waals surface area contributed by atoms with Gasteiger partial charge in [0.25, 0.3) is 0 Å². The molecule has 0 radical (unpaired) electrons. The van der Waals surface area contributed by atoms with Crippen LogP contribution >= 0.6 is 0 Å². The third-order valence-electron chi connectivity index (χ3n) is 3.27. The summed E-state index contributed by atoms with van der Waals surface area (Å²) >= 11 is 0. The largest absolute Gasteiger partial charge is 0.0617 e. The molecule has 2 aromatic rings. The maximum absolute atomic E-state index is 2.31. The van der Waals surface area contributed by atoms with E-state index >= 15 is 0 Å². The van der Waals surface area contributed by atoms with Crippen LogP contribution in [0.25, 0.3) is 11.1 Å². The third kappa shape index (κ3) is 1.21. The van der Waals surface area contributed by atoms with Crippen molar-refractivity contribution in [3.05, 3.63) is 58.7 Å². The molecule has 0 saturated heterocycles. The van der Waals surface area contributed by atoms with Crippen molar-refractivity contribution in [1.29, 1.82) is 0 Å². The normalized spacial score (nSPS) is 12.4. The topological polar surface area (TPSA) is 0 Å². The van der Waals surface area contributed by atoms with Crippen LogP contribution in [0.4, 0.5) is 0 Å². The summed E-state index contributed by atoms with van der Waals surface area (Å²) < 4.78 is 0. The van der Waals surface area contributed by atoms with Crippen LogP contribution in [0.3, 0.4) is 0 Å². The van der Waals surface area contributed by atoms with E-state index in [2.05, 4.69) is 50.2 Å². The molecule has 0 bridgehead atoms. The average Bonchev–Trinajstić information content (AvgIpc) is 2.56. The van der Waals surface area contributed by atoms with Gasteiger partial charge in [-0.3, -0.25) is 0 Å². The first-order valence-corrected chi connectivity index (χ1v) is 5.44. The van der Waals surface area contributed by atoms with Crippen molar-refractivity contribution in [1.82, 2.24) is 0 Å². The average molecular weight is 194 g/mol. The first kappa shape index (κ1) is 8.72. The summed E-state index contributed by atoms with van der Waals surface area (Å²) in [5.41, 5.74) is 8.63. The lowest BCUT2D eigenvalue weighted by Crippen LogP contribution is -1.82. The van der Waals surface area contributed by atoms with Crippen LogP contribution in [-0.2, 0) is 6.42 Å². The van der Waals surface area contributed by atoms with Crippen molar-refractivity contribution in [2.45, 2.75) is 20.3 Å². The fraction of sp³-hybridized carbons (Fsp3) is 0.200. The predicted octanol–water partition coefficient (Wildman–Crippen LogP) is 3.87. The lowest BCUT2D eigenvalue weighted by molar-refractivity contribution is 1.24. The lowest BCUT2D eigenvalue weighted by atomic mass is 10.00. The van der Waals surface area contributed by atoms with Crippen molar-refractivity contribution in [3.63, 3.8) is 0 Å². The molecule has 0 fully saturated rings. The Bertz CT molecular complexity index is 536. The summed E-state index contributed by atoms with van der Waals surface area (Å²) in [6.07, 6.45) is 1.11.